The van der Waals surface area contributed by atoms with Crippen LogP contribution < -0.4 is 10.6 Å². The Kier molecular flexibility index (Phi) is 5.24. The predicted octanol–water partition coefficient (Wildman–Crippen LogP) is 3.34. The summed E-state index contributed by atoms with van der Waals surface area (Å²) in [5, 5.41) is 11.1. The Labute approximate surface area is 189 Å². The summed E-state index contributed by atoms with van der Waals surface area (Å²) in [6.07, 6.45) is 9.14. The van der Waals surface area contributed by atoms with Gasteiger partial charge in [-0.15, -0.1) is 0 Å². The smallest absolute Gasteiger partial charge is 0.255 e. The molecule has 0 unspecified atom stereocenters. The summed E-state index contributed by atoms with van der Waals surface area (Å²) in [6.45, 7) is 2.76. The van der Waals surface area contributed by atoms with Crippen LogP contribution in [0.1, 0.15) is 37.0 Å². The topological polar surface area (TPSA) is 109 Å². The highest BCUT2D eigenvalue weighted by Crippen LogP contribution is 2.30. The van der Waals surface area contributed by atoms with Crippen molar-refractivity contribution in [3.05, 3.63) is 42.5 Å². The molecular weight excluding hydrogens is 425 g/mol. The minimum atomic E-state index is -1.49. The van der Waals surface area contributed by atoms with Gasteiger partial charge in [-0.3, -0.25) is 4.79 Å². The third-order valence-electron chi connectivity index (χ3n) is 5.94. The maximum Gasteiger partial charge on any atom is 0.255 e. The van der Waals surface area contributed by atoms with E-state index in [4.69, 9.17) is 4.74 Å². The highest BCUT2D eigenvalue weighted by Gasteiger charge is 2.29. The minimum Gasteiger partial charge on any atom is -0.381 e. The van der Waals surface area contributed by atoms with E-state index in [0.717, 1.165) is 35.0 Å². The lowest BCUT2D eigenvalue weighted by Gasteiger charge is -2.34. The van der Waals surface area contributed by atoms with Crippen LogP contribution in [-0.4, -0.2) is 61.9 Å². The summed E-state index contributed by atoms with van der Waals surface area (Å²) in [4.78, 5) is 24.9. The molecule has 1 aliphatic rings. The van der Waals surface area contributed by atoms with Gasteiger partial charge in [-0.1, -0.05) is 0 Å². The lowest BCUT2D eigenvalue weighted by Crippen LogP contribution is -2.40. The standard InChI is InChI=1S/C23H26FN7O2/c1-23(2,24)12-27-21(32)18-11-28-31-5-4-13(6-19(18)31)16-9-25-20-17(16)10-26-22(30-20)29-14-7-15(8-14)33-3/h4-6,9-11,14-15H,7-8,12H2,1-3H3,(H,27,32)(H2,25,26,29,30)/t14-,15+. The number of hydrogen-bond acceptors (Lipinski definition) is 6. The summed E-state index contributed by atoms with van der Waals surface area (Å²) < 4.78 is 20.7. The van der Waals surface area contributed by atoms with Gasteiger partial charge >= 0.3 is 0 Å². The Balaban J connectivity index is 1.40. The second-order valence-electron chi connectivity index (χ2n) is 9.03. The van der Waals surface area contributed by atoms with Crippen molar-refractivity contribution in [1.82, 2.24) is 29.9 Å². The second kappa shape index (κ2) is 8.11. The molecule has 0 atom stereocenters. The van der Waals surface area contributed by atoms with Crippen molar-refractivity contribution in [2.75, 3.05) is 19.0 Å². The third-order valence-corrected chi connectivity index (χ3v) is 5.94. The Hall–Kier alpha value is -3.53. The van der Waals surface area contributed by atoms with Gasteiger partial charge in [0.05, 0.1) is 29.9 Å². The number of anilines is 1. The normalized spacial score (nSPS) is 18.4. The zero-order valence-electron chi connectivity index (χ0n) is 18.7. The number of nitrogens with zero attached hydrogens (tertiary/aromatic N) is 4. The number of aromatic amines is 1. The van der Waals surface area contributed by atoms with Crippen LogP contribution >= 0.6 is 0 Å². The number of hydrogen-bond donors (Lipinski definition) is 3. The van der Waals surface area contributed by atoms with Gasteiger partial charge in [-0.2, -0.15) is 10.1 Å². The fourth-order valence-corrected chi connectivity index (χ4v) is 3.98. The summed E-state index contributed by atoms with van der Waals surface area (Å²) in [6, 6.07) is 4.12. The number of fused-ring (bicyclic) bond motifs is 2. The molecule has 1 fully saturated rings. The van der Waals surface area contributed by atoms with E-state index in [2.05, 4.69) is 30.7 Å². The number of alkyl halides is 1. The summed E-state index contributed by atoms with van der Waals surface area (Å²) in [5.41, 5.74) is 2.05. The van der Waals surface area contributed by atoms with Crippen LogP contribution in [0, 0.1) is 0 Å². The third kappa shape index (κ3) is 4.25. The molecular formula is C23H26FN7O2. The van der Waals surface area contributed by atoms with E-state index in [0.29, 0.717) is 29.2 Å². The number of carbonyl (C=O) groups is 1. The van der Waals surface area contributed by atoms with Crippen molar-refractivity contribution >= 4 is 28.4 Å². The zero-order chi connectivity index (χ0) is 23.2. The van der Waals surface area contributed by atoms with Gasteiger partial charge < -0.3 is 20.4 Å². The molecule has 172 valence electrons. The number of halogens is 1. The molecule has 0 spiro atoms. The number of amides is 1. The molecule has 5 rings (SSSR count). The molecule has 0 aromatic carbocycles. The molecule has 4 heterocycles. The highest BCUT2D eigenvalue weighted by molar-refractivity contribution is 6.02. The molecule has 0 saturated heterocycles. The van der Waals surface area contributed by atoms with E-state index < -0.39 is 5.67 Å². The first-order chi connectivity index (χ1) is 15.8. The van der Waals surface area contributed by atoms with Crippen molar-refractivity contribution in [2.45, 2.75) is 44.5 Å². The number of ether oxygens (including phenoxy) is 1. The van der Waals surface area contributed by atoms with Crippen molar-refractivity contribution in [2.24, 2.45) is 0 Å². The van der Waals surface area contributed by atoms with Crippen LogP contribution in [-0.2, 0) is 4.74 Å². The SMILES string of the molecule is CO[C@H]1C[C@@H](Nc2ncc3c(-c4ccn5ncc(C(=O)NCC(C)(C)F)c5c4)c[nH]c3n2)C1. The molecule has 1 amide bonds. The Morgan fingerprint density at radius 3 is 2.94 bits per heavy atom. The molecule has 33 heavy (non-hydrogen) atoms. The van der Waals surface area contributed by atoms with Gasteiger partial charge in [-0.05, 0) is 44.4 Å². The van der Waals surface area contributed by atoms with E-state index in [1.165, 1.54) is 20.0 Å². The van der Waals surface area contributed by atoms with Crippen molar-refractivity contribution in [3.63, 3.8) is 0 Å². The van der Waals surface area contributed by atoms with Crippen LogP contribution in [0.4, 0.5) is 10.3 Å². The summed E-state index contributed by atoms with van der Waals surface area (Å²) >= 11 is 0. The van der Waals surface area contributed by atoms with Crippen LogP contribution in [0.15, 0.2) is 36.9 Å². The minimum absolute atomic E-state index is 0.0774. The van der Waals surface area contributed by atoms with Crippen LogP contribution in [0.2, 0.25) is 0 Å². The van der Waals surface area contributed by atoms with E-state index in [1.54, 1.807) is 24.0 Å². The average Bonchev–Trinajstić information content (AvgIpc) is 3.37. The lowest BCUT2D eigenvalue weighted by molar-refractivity contribution is 0.0327. The number of carbonyl (C=O) groups excluding carboxylic acids is 1. The molecule has 0 aliphatic heterocycles. The molecule has 1 saturated carbocycles. The Bertz CT molecular complexity index is 1320. The van der Waals surface area contributed by atoms with E-state index in [1.807, 2.05) is 18.3 Å². The van der Waals surface area contributed by atoms with Gasteiger partial charge in [0.2, 0.25) is 5.95 Å². The summed E-state index contributed by atoms with van der Waals surface area (Å²) in [5.74, 6) is 0.217. The molecule has 4 aromatic heterocycles. The quantitative estimate of drug-likeness (QED) is 0.398. The fourth-order valence-electron chi connectivity index (χ4n) is 3.98. The maximum absolute atomic E-state index is 13.8. The van der Waals surface area contributed by atoms with E-state index in [9.17, 15) is 9.18 Å². The van der Waals surface area contributed by atoms with E-state index in [-0.39, 0.29) is 12.5 Å². The average molecular weight is 452 g/mol. The molecule has 9 nitrogen and oxygen atoms in total. The van der Waals surface area contributed by atoms with Crippen LogP contribution in [0.25, 0.3) is 27.7 Å². The van der Waals surface area contributed by atoms with Crippen molar-refractivity contribution in [1.29, 1.82) is 0 Å². The van der Waals surface area contributed by atoms with Gasteiger partial charge in [0.1, 0.15) is 11.3 Å². The van der Waals surface area contributed by atoms with Crippen LogP contribution in [0.5, 0.6) is 0 Å². The van der Waals surface area contributed by atoms with E-state index >= 15 is 0 Å². The number of pyridine rings is 1. The number of methoxy groups -OCH3 is 1. The molecule has 3 N–H and O–H groups in total. The van der Waals surface area contributed by atoms with Gasteiger partial charge in [0, 0.05) is 42.7 Å². The summed E-state index contributed by atoms with van der Waals surface area (Å²) in [7, 11) is 1.73. The number of H-pyrrole nitrogens is 1. The first kappa shape index (κ1) is 21.3. The molecule has 0 bridgehead atoms. The monoisotopic (exact) mass is 451 g/mol. The van der Waals surface area contributed by atoms with Crippen molar-refractivity contribution in [3.8, 4) is 11.1 Å². The highest BCUT2D eigenvalue weighted by atomic mass is 19.1. The van der Waals surface area contributed by atoms with Gasteiger partial charge in [0.25, 0.3) is 5.91 Å². The molecule has 1 aliphatic carbocycles. The number of nitrogens with one attached hydrogen (secondary N) is 3. The van der Waals surface area contributed by atoms with Gasteiger partial charge in [-0.25, -0.2) is 13.9 Å². The second-order valence-corrected chi connectivity index (χ2v) is 9.03. The molecule has 0 radical (unpaired) electrons. The lowest BCUT2D eigenvalue weighted by atomic mass is 9.89. The predicted molar refractivity (Wildman–Crippen MR) is 123 cm³/mol. The Morgan fingerprint density at radius 1 is 1.36 bits per heavy atom. The van der Waals surface area contributed by atoms with Gasteiger partial charge in [0.15, 0.2) is 0 Å². The number of aromatic nitrogens is 5. The fraction of sp³-hybridized carbons (Fsp3) is 0.391. The molecule has 10 heteroatoms. The van der Waals surface area contributed by atoms with Crippen molar-refractivity contribution < 1.29 is 13.9 Å². The van der Waals surface area contributed by atoms with Crippen LogP contribution in [0.3, 0.4) is 0 Å². The molecule has 4 aromatic rings. The first-order valence-corrected chi connectivity index (χ1v) is 10.9. The Morgan fingerprint density at radius 2 is 2.18 bits per heavy atom. The number of rotatable bonds is 7. The maximum atomic E-state index is 13.8. The zero-order valence-corrected chi connectivity index (χ0v) is 18.7. The largest absolute Gasteiger partial charge is 0.381 e. The first-order valence-electron chi connectivity index (χ1n) is 10.9.